The van der Waals surface area contributed by atoms with Gasteiger partial charge in [0.05, 0.1) is 0 Å². The van der Waals surface area contributed by atoms with E-state index in [-0.39, 0.29) is 12.2 Å². The van der Waals surface area contributed by atoms with E-state index < -0.39 is 0 Å². The van der Waals surface area contributed by atoms with Crippen LogP contribution in [-0.4, -0.2) is 58.3 Å². The summed E-state index contributed by atoms with van der Waals surface area (Å²) in [5.74, 6) is 0.729. The van der Waals surface area contributed by atoms with Gasteiger partial charge in [0.2, 0.25) is 0 Å². The average molecular weight is 383 g/mol. The Kier molecular flexibility index (Phi) is 6.92. The van der Waals surface area contributed by atoms with Crippen molar-refractivity contribution >= 4 is 22.7 Å². The molecule has 138 valence electrons. The van der Waals surface area contributed by atoms with Gasteiger partial charge in [0.15, 0.2) is 0 Å². The Labute approximate surface area is 156 Å². The molecule has 0 radical (unpaired) electrons. The summed E-state index contributed by atoms with van der Waals surface area (Å²) in [7, 11) is 2.09. The molecule has 4 unspecified atom stereocenters. The quantitative estimate of drug-likeness (QED) is 0.749. The number of aliphatic hydroxyl groups excluding tert-OH is 2. The van der Waals surface area contributed by atoms with E-state index in [0.717, 1.165) is 49.0 Å². The van der Waals surface area contributed by atoms with Crippen molar-refractivity contribution in [2.45, 2.75) is 25.0 Å². The van der Waals surface area contributed by atoms with Crippen molar-refractivity contribution in [1.29, 1.82) is 0 Å². The second-order valence-corrected chi connectivity index (χ2v) is 8.55. The number of likely N-dealkylation sites (tertiary alicyclic amines) is 1. The third kappa shape index (κ3) is 5.06. The Morgan fingerprint density at radius 1 is 1.08 bits per heavy atom. The van der Waals surface area contributed by atoms with Crippen LogP contribution < -0.4 is 5.32 Å². The molecule has 0 aromatic carbocycles. The topological polar surface area (TPSA) is 81.5 Å². The SMILES string of the molecule is CN1CCC(C(O)c2nccs2)C1.OC(c1nccs1)C1CCNC1. The molecule has 2 aliphatic heterocycles. The van der Waals surface area contributed by atoms with Crippen molar-refractivity contribution in [2.75, 3.05) is 33.2 Å². The lowest BCUT2D eigenvalue weighted by atomic mass is 10.0. The first-order valence-electron chi connectivity index (χ1n) is 8.69. The van der Waals surface area contributed by atoms with Crippen LogP contribution >= 0.6 is 22.7 Å². The number of aliphatic hydroxyl groups is 2. The molecule has 2 fully saturated rings. The van der Waals surface area contributed by atoms with Gasteiger partial charge < -0.3 is 20.4 Å². The first-order chi connectivity index (χ1) is 12.1. The van der Waals surface area contributed by atoms with E-state index in [1.54, 1.807) is 12.4 Å². The summed E-state index contributed by atoms with van der Waals surface area (Å²) in [5, 5.41) is 28.5. The molecule has 4 rings (SSSR count). The largest absolute Gasteiger partial charge is 0.386 e. The Bertz CT molecular complexity index is 602. The lowest BCUT2D eigenvalue weighted by Gasteiger charge is -2.15. The van der Waals surface area contributed by atoms with Crippen LogP contribution in [0.25, 0.3) is 0 Å². The Morgan fingerprint density at radius 2 is 1.72 bits per heavy atom. The van der Waals surface area contributed by atoms with Crippen LogP contribution in [-0.2, 0) is 0 Å². The molecule has 0 bridgehead atoms. The molecule has 25 heavy (non-hydrogen) atoms. The predicted molar refractivity (Wildman–Crippen MR) is 101 cm³/mol. The number of nitrogens with one attached hydrogen (secondary N) is 1. The van der Waals surface area contributed by atoms with Crippen LogP contribution in [0.15, 0.2) is 23.2 Å². The van der Waals surface area contributed by atoms with E-state index >= 15 is 0 Å². The van der Waals surface area contributed by atoms with E-state index in [4.69, 9.17) is 0 Å². The standard InChI is InChI=1S/C9H14N2OS.C8H12N2OS/c1-11-4-2-7(6-11)8(12)9-10-3-5-13-9;11-7(6-1-2-9-5-6)8-10-3-4-12-8/h3,5,7-8,12H,2,4,6H2,1H3;3-4,6-7,9,11H,1-2,5H2. The van der Waals surface area contributed by atoms with Crippen LogP contribution in [0.3, 0.4) is 0 Å². The molecule has 2 aromatic heterocycles. The van der Waals surface area contributed by atoms with Crippen LogP contribution in [0.2, 0.25) is 0 Å². The highest BCUT2D eigenvalue weighted by molar-refractivity contribution is 7.09. The molecular weight excluding hydrogens is 356 g/mol. The molecule has 4 heterocycles. The van der Waals surface area contributed by atoms with Gasteiger partial charge in [-0.15, -0.1) is 22.7 Å². The van der Waals surface area contributed by atoms with Crippen molar-refractivity contribution in [2.24, 2.45) is 11.8 Å². The fraction of sp³-hybridized carbons (Fsp3) is 0.647. The predicted octanol–water partition coefficient (Wildman–Crippen LogP) is 1.91. The van der Waals surface area contributed by atoms with Gasteiger partial charge in [-0.3, -0.25) is 0 Å². The minimum atomic E-state index is -0.361. The van der Waals surface area contributed by atoms with E-state index in [1.807, 2.05) is 10.8 Å². The van der Waals surface area contributed by atoms with Crippen LogP contribution in [0.1, 0.15) is 35.1 Å². The summed E-state index contributed by atoms with van der Waals surface area (Å²) in [4.78, 5) is 10.5. The van der Waals surface area contributed by atoms with Gasteiger partial charge in [0, 0.05) is 48.1 Å². The van der Waals surface area contributed by atoms with Gasteiger partial charge in [0.25, 0.3) is 0 Å². The van der Waals surface area contributed by atoms with Crippen molar-refractivity contribution in [3.63, 3.8) is 0 Å². The molecule has 0 aliphatic carbocycles. The van der Waals surface area contributed by atoms with Crippen LogP contribution in [0.4, 0.5) is 0 Å². The molecule has 3 N–H and O–H groups in total. The normalized spacial score (nSPS) is 26.2. The lowest BCUT2D eigenvalue weighted by molar-refractivity contribution is 0.112. The average Bonchev–Trinajstić information content (AvgIpc) is 3.43. The minimum Gasteiger partial charge on any atom is -0.386 e. The monoisotopic (exact) mass is 382 g/mol. The first-order valence-corrected chi connectivity index (χ1v) is 10.4. The summed E-state index contributed by atoms with van der Waals surface area (Å²) >= 11 is 3.07. The third-order valence-electron chi connectivity index (χ3n) is 4.83. The number of thiazole rings is 2. The van der Waals surface area contributed by atoms with Gasteiger partial charge in [-0.05, 0) is 33.0 Å². The number of aromatic nitrogens is 2. The van der Waals surface area contributed by atoms with Gasteiger partial charge >= 0.3 is 0 Å². The fourth-order valence-electron chi connectivity index (χ4n) is 3.34. The first kappa shape index (κ1) is 18.9. The van der Waals surface area contributed by atoms with E-state index in [0.29, 0.717) is 11.8 Å². The van der Waals surface area contributed by atoms with Gasteiger partial charge in [0.1, 0.15) is 22.2 Å². The van der Waals surface area contributed by atoms with E-state index in [9.17, 15) is 10.2 Å². The highest BCUT2D eigenvalue weighted by atomic mass is 32.1. The van der Waals surface area contributed by atoms with Crippen LogP contribution in [0.5, 0.6) is 0 Å². The molecule has 8 heteroatoms. The summed E-state index contributed by atoms with van der Waals surface area (Å²) in [5.41, 5.74) is 0. The summed E-state index contributed by atoms with van der Waals surface area (Å²) < 4.78 is 0. The number of hydrogen-bond acceptors (Lipinski definition) is 8. The molecule has 0 amide bonds. The zero-order valence-corrected chi connectivity index (χ0v) is 16.0. The molecule has 4 atom stereocenters. The second-order valence-electron chi connectivity index (χ2n) is 6.69. The summed E-state index contributed by atoms with van der Waals surface area (Å²) in [6.45, 7) is 4.02. The maximum absolute atomic E-state index is 9.95. The lowest BCUT2D eigenvalue weighted by Crippen LogP contribution is -2.18. The van der Waals surface area contributed by atoms with Crippen molar-refractivity contribution in [3.05, 3.63) is 33.2 Å². The number of nitrogens with zero attached hydrogens (tertiary/aromatic N) is 3. The summed E-state index contributed by atoms with van der Waals surface area (Å²) in [6.07, 6.45) is 4.91. The maximum Gasteiger partial charge on any atom is 0.121 e. The Balaban J connectivity index is 0.000000146. The fourth-order valence-corrected chi connectivity index (χ4v) is 4.77. The Morgan fingerprint density at radius 3 is 2.16 bits per heavy atom. The van der Waals surface area contributed by atoms with Crippen molar-refractivity contribution in [1.82, 2.24) is 20.2 Å². The highest BCUT2D eigenvalue weighted by Gasteiger charge is 2.28. The molecule has 2 saturated heterocycles. The smallest absolute Gasteiger partial charge is 0.121 e. The van der Waals surface area contributed by atoms with E-state index in [2.05, 4.69) is 27.2 Å². The highest BCUT2D eigenvalue weighted by Crippen LogP contribution is 2.30. The third-order valence-corrected chi connectivity index (χ3v) is 6.52. The second kappa shape index (κ2) is 9.16. The molecule has 0 spiro atoms. The maximum atomic E-state index is 9.95. The zero-order valence-electron chi connectivity index (χ0n) is 14.4. The van der Waals surface area contributed by atoms with Crippen molar-refractivity contribution in [3.8, 4) is 0 Å². The van der Waals surface area contributed by atoms with Crippen LogP contribution in [0, 0.1) is 11.8 Å². The number of rotatable bonds is 4. The molecule has 6 nitrogen and oxygen atoms in total. The molecule has 0 saturated carbocycles. The van der Waals surface area contributed by atoms with Gasteiger partial charge in [-0.1, -0.05) is 0 Å². The molecular formula is C17H26N4O2S2. The van der Waals surface area contributed by atoms with Gasteiger partial charge in [-0.2, -0.15) is 0 Å². The minimum absolute atomic E-state index is 0.357. The summed E-state index contributed by atoms with van der Waals surface area (Å²) in [6, 6.07) is 0. The van der Waals surface area contributed by atoms with E-state index in [1.165, 1.54) is 22.7 Å². The Hall–Kier alpha value is -0.900. The van der Waals surface area contributed by atoms with Crippen molar-refractivity contribution < 1.29 is 10.2 Å². The molecule has 2 aliphatic rings. The van der Waals surface area contributed by atoms with Gasteiger partial charge in [-0.25, -0.2) is 9.97 Å². The number of hydrogen-bond donors (Lipinski definition) is 3. The zero-order chi connectivity index (χ0) is 17.6. The molecule has 2 aromatic rings.